The van der Waals surface area contributed by atoms with Crippen LogP contribution in [0.1, 0.15) is 78.7 Å². The lowest BCUT2D eigenvalue weighted by Crippen LogP contribution is -2.54. The van der Waals surface area contributed by atoms with Gasteiger partial charge in [0.15, 0.2) is 0 Å². The van der Waals surface area contributed by atoms with Crippen LogP contribution in [0.25, 0.3) is 0 Å². The fraction of sp³-hybridized carbons (Fsp3) is 0.545. The van der Waals surface area contributed by atoms with E-state index in [4.69, 9.17) is 10.5 Å². The summed E-state index contributed by atoms with van der Waals surface area (Å²) in [5.74, 6) is -2.69. The number of benzene rings is 1. The van der Waals surface area contributed by atoms with Crippen molar-refractivity contribution in [2.45, 2.75) is 91.8 Å². The second-order valence-corrected chi connectivity index (χ2v) is 12.8. The standard InChI is InChI=1S/C33H48N6O8/c1-21(2)28(38-25(40)11-7-6-8-19-39-26(41)16-17-27(39)42)30(44)37-24(10-9-18-35-32(34)46)29(43)36-23-14-12-22(13-15-23)20-47-31(45)33(3,4)5/h12-17,21,24,28H,6-11,18-20H2,1-5H3,(H,36,43)(H,37,44)(H,38,40)(H3,34,35,46). The topological polar surface area (TPSA) is 206 Å². The maximum atomic E-state index is 13.3. The maximum Gasteiger partial charge on any atom is 0.312 e. The van der Waals surface area contributed by atoms with E-state index >= 15 is 0 Å². The first-order valence-electron chi connectivity index (χ1n) is 15.8. The molecule has 1 aliphatic heterocycles. The van der Waals surface area contributed by atoms with Crippen molar-refractivity contribution in [1.29, 1.82) is 0 Å². The van der Waals surface area contributed by atoms with Gasteiger partial charge >= 0.3 is 12.0 Å². The summed E-state index contributed by atoms with van der Waals surface area (Å²) in [6.45, 7) is 9.38. The summed E-state index contributed by atoms with van der Waals surface area (Å²) in [6, 6.07) is 4.12. The van der Waals surface area contributed by atoms with Crippen LogP contribution in [0.15, 0.2) is 36.4 Å². The van der Waals surface area contributed by atoms with Crippen LogP contribution < -0.4 is 27.0 Å². The first kappa shape index (κ1) is 38.4. The monoisotopic (exact) mass is 656 g/mol. The lowest BCUT2D eigenvalue weighted by atomic mass is 9.97. The predicted molar refractivity (Wildman–Crippen MR) is 174 cm³/mol. The summed E-state index contributed by atoms with van der Waals surface area (Å²) >= 11 is 0. The molecule has 2 rings (SSSR count). The average Bonchev–Trinajstić information content (AvgIpc) is 3.32. The van der Waals surface area contributed by atoms with Crippen LogP contribution in [-0.2, 0) is 40.1 Å². The number of primary amides is 1. The Morgan fingerprint density at radius 3 is 2.09 bits per heavy atom. The highest BCUT2D eigenvalue weighted by Gasteiger charge is 2.29. The molecule has 2 atom stereocenters. The minimum Gasteiger partial charge on any atom is -0.460 e. The summed E-state index contributed by atoms with van der Waals surface area (Å²) in [6.07, 6.45) is 4.77. The first-order chi connectivity index (χ1) is 22.1. The van der Waals surface area contributed by atoms with Crippen molar-refractivity contribution in [3.05, 3.63) is 42.0 Å². The van der Waals surface area contributed by atoms with Gasteiger partial charge in [0, 0.05) is 37.3 Å². The highest BCUT2D eigenvalue weighted by atomic mass is 16.5. The number of nitrogens with two attached hydrogens (primary N) is 1. The van der Waals surface area contributed by atoms with E-state index < -0.39 is 35.3 Å². The number of hydrogen-bond donors (Lipinski definition) is 5. The number of nitrogens with one attached hydrogen (secondary N) is 4. The quantitative estimate of drug-likeness (QED) is 0.0898. The smallest absolute Gasteiger partial charge is 0.312 e. The zero-order chi connectivity index (χ0) is 35.1. The van der Waals surface area contributed by atoms with Gasteiger partial charge in [-0.05, 0) is 70.1 Å². The molecule has 0 spiro atoms. The SMILES string of the molecule is CC(C)C(NC(=O)CCCCCN1C(=O)C=CC1=O)C(=O)NC(CCCNC(N)=O)C(=O)Nc1ccc(COC(=O)C(C)(C)C)cc1. The van der Waals surface area contributed by atoms with Crippen molar-refractivity contribution in [1.82, 2.24) is 20.9 Å². The number of hydrogen-bond acceptors (Lipinski definition) is 8. The average molecular weight is 657 g/mol. The molecule has 14 nitrogen and oxygen atoms in total. The van der Waals surface area contributed by atoms with E-state index in [0.717, 1.165) is 10.5 Å². The Balaban J connectivity index is 1.95. The van der Waals surface area contributed by atoms with Crippen molar-refractivity contribution >= 4 is 47.2 Å². The molecule has 1 aromatic rings. The number of carbonyl (C=O) groups is 7. The summed E-state index contributed by atoms with van der Waals surface area (Å²) < 4.78 is 5.33. The minimum absolute atomic E-state index is 0.0799. The highest BCUT2D eigenvalue weighted by Crippen LogP contribution is 2.18. The van der Waals surface area contributed by atoms with E-state index in [9.17, 15) is 33.6 Å². The number of amides is 7. The van der Waals surface area contributed by atoms with Gasteiger partial charge in [-0.2, -0.15) is 0 Å². The molecule has 1 aliphatic rings. The molecular weight excluding hydrogens is 608 g/mol. The molecule has 0 bridgehead atoms. The van der Waals surface area contributed by atoms with Crippen LogP contribution >= 0.6 is 0 Å². The number of ether oxygens (including phenoxy) is 1. The van der Waals surface area contributed by atoms with Crippen molar-refractivity contribution in [2.75, 3.05) is 18.4 Å². The van der Waals surface area contributed by atoms with E-state index in [2.05, 4.69) is 21.3 Å². The lowest BCUT2D eigenvalue weighted by Gasteiger charge is -2.25. The molecule has 1 aromatic carbocycles. The van der Waals surface area contributed by atoms with Crippen LogP contribution in [-0.4, -0.2) is 71.6 Å². The Bertz CT molecular complexity index is 1300. The van der Waals surface area contributed by atoms with Crippen LogP contribution in [0, 0.1) is 11.3 Å². The third-order valence-corrected chi connectivity index (χ3v) is 7.26. The summed E-state index contributed by atoms with van der Waals surface area (Å²) in [5.41, 5.74) is 5.69. The van der Waals surface area contributed by atoms with Gasteiger partial charge in [-0.25, -0.2) is 4.79 Å². The van der Waals surface area contributed by atoms with Gasteiger partial charge in [0.2, 0.25) is 17.7 Å². The molecule has 258 valence electrons. The van der Waals surface area contributed by atoms with Crippen molar-refractivity contribution in [3.8, 4) is 0 Å². The number of unbranched alkanes of at least 4 members (excludes halogenated alkanes) is 2. The van der Waals surface area contributed by atoms with Crippen LogP contribution in [0.4, 0.5) is 10.5 Å². The Kier molecular flexibility index (Phi) is 15.1. The van der Waals surface area contributed by atoms with Gasteiger partial charge in [0.1, 0.15) is 18.7 Å². The molecule has 0 saturated carbocycles. The third kappa shape index (κ3) is 13.6. The van der Waals surface area contributed by atoms with Gasteiger partial charge in [-0.1, -0.05) is 32.4 Å². The largest absolute Gasteiger partial charge is 0.460 e. The molecule has 47 heavy (non-hydrogen) atoms. The Labute approximate surface area is 275 Å². The second-order valence-electron chi connectivity index (χ2n) is 12.8. The van der Waals surface area contributed by atoms with Gasteiger partial charge in [-0.15, -0.1) is 0 Å². The molecular formula is C33H48N6O8. The fourth-order valence-corrected chi connectivity index (χ4v) is 4.49. The number of carbonyl (C=O) groups excluding carboxylic acids is 7. The first-order valence-corrected chi connectivity index (χ1v) is 15.8. The molecule has 6 N–H and O–H groups in total. The molecule has 0 saturated heterocycles. The van der Waals surface area contributed by atoms with E-state index in [-0.39, 0.29) is 62.1 Å². The predicted octanol–water partition coefficient (Wildman–Crippen LogP) is 2.27. The summed E-state index contributed by atoms with van der Waals surface area (Å²) in [5, 5.41) is 10.7. The number of imide groups is 1. The second kappa shape index (κ2) is 18.4. The van der Waals surface area contributed by atoms with Gasteiger partial charge < -0.3 is 31.7 Å². The van der Waals surface area contributed by atoms with Crippen molar-refractivity contribution < 1.29 is 38.3 Å². The van der Waals surface area contributed by atoms with Crippen LogP contribution in [0.3, 0.4) is 0 Å². The number of esters is 1. The van der Waals surface area contributed by atoms with E-state index in [0.29, 0.717) is 31.4 Å². The molecule has 7 amide bonds. The van der Waals surface area contributed by atoms with Crippen molar-refractivity contribution in [3.63, 3.8) is 0 Å². The Hall–Kier alpha value is -4.75. The maximum absolute atomic E-state index is 13.3. The molecule has 0 fully saturated rings. The number of nitrogens with zero attached hydrogens (tertiary/aromatic N) is 1. The Morgan fingerprint density at radius 1 is 0.872 bits per heavy atom. The number of urea groups is 1. The van der Waals surface area contributed by atoms with Crippen LogP contribution in [0.2, 0.25) is 0 Å². The summed E-state index contributed by atoms with van der Waals surface area (Å²) in [7, 11) is 0. The van der Waals surface area contributed by atoms with Crippen LogP contribution in [0.5, 0.6) is 0 Å². The van der Waals surface area contributed by atoms with E-state index in [1.54, 1.807) is 58.9 Å². The normalized spacial score (nSPS) is 14.0. The summed E-state index contributed by atoms with van der Waals surface area (Å²) in [4.78, 5) is 86.9. The fourth-order valence-electron chi connectivity index (χ4n) is 4.49. The molecule has 0 radical (unpaired) electrons. The molecule has 0 aliphatic carbocycles. The third-order valence-electron chi connectivity index (χ3n) is 7.26. The molecule has 0 aromatic heterocycles. The lowest BCUT2D eigenvalue weighted by molar-refractivity contribution is -0.154. The minimum atomic E-state index is -0.992. The highest BCUT2D eigenvalue weighted by molar-refractivity contribution is 6.12. The Morgan fingerprint density at radius 2 is 1.51 bits per heavy atom. The number of rotatable bonds is 18. The van der Waals surface area contributed by atoms with Gasteiger partial charge in [0.05, 0.1) is 5.41 Å². The molecule has 14 heteroatoms. The van der Waals surface area contributed by atoms with Crippen molar-refractivity contribution in [2.24, 2.45) is 17.1 Å². The zero-order valence-electron chi connectivity index (χ0n) is 27.9. The zero-order valence-corrected chi connectivity index (χ0v) is 27.9. The van der Waals surface area contributed by atoms with Gasteiger partial charge in [-0.3, -0.25) is 33.7 Å². The van der Waals surface area contributed by atoms with E-state index in [1.165, 1.54) is 12.2 Å². The van der Waals surface area contributed by atoms with Gasteiger partial charge in [0.25, 0.3) is 11.8 Å². The van der Waals surface area contributed by atoms with E-state index in [1.807, 2.05) is 0 Å². The molecule has 1 heterocycles. The number of anilines is 1. The molecule has 2 unspecified atom stereocenters.